The van der Waals surface area contributed by atoms with Crippen LogP contribution in [0.15, 0.2) is 36.4 Å². The SMILES string of the molecule is Cc1ccc(C(=O)N(CC[NH+](C)C)c2nc3ccc(Cl)cc3s2)c(C)c1. The van der Waals surface area contributed by atoms with Crippen LogP contribution in [0.25, 0.3) is 10.2 Å². The van der Waals surface area contributed by atoms with Crippen molar-refractivity contribution in [2.24, 2.45) is 0 Å². The fourth-order valence-corrected chi connectivity index (χ4v) is 4.09. The number of likely N-dealkylation sites (N-methyl/N-ethyl adjacent to an activating group) is 1. The molecule has 0 aliphatic heterocycles. The molecule has 0 saturated heterocycles. The van der Waals surface area contributed by atoms with E-state index in [1.165, 1.54) is 16.2 Å². The van der Waals surface area contributed by atoms with Gasteiger partial charge in [0.2, 0.25) is 0 Å². The van der Waals surface area contributed by atoms with E-state index in [0.717, 1.165) is 33.5 Å². The van der Waals surface area contributed by atoms with Crippen molar-refractivity contribution in [3.05, 3.63) is 58.1 Å². The number of thiazole rings is 1. The van der Waals surface area contributed by atoms with Crippen LogP contribution in [0.4, 0.5) is 5.13 Å². The summed E-state index contributed by atoms with van der Waals surface area (Å²) in [6.07, 6.45) is 0. The second-order valence-corrected chi connectivity index (χ2v) is 8.29. The van der Waals surface area contributed by atoms with Gasteiger partial charge < -0.3 is 4.90 Å². The summed E-state index contributed by atoms with van der Waals surface area (Å²) in [5.74, 6) is -0.00565. The van der Waals surface area contributed by atoms with E-state index >= 15 is 0 Å². The van der Waals surface area contributed by atoms with Crippen molar-refractivity contribution in [2.75, 3.05) is 32.1 Å². The van der Waals surface area contributed by atoms with Crippen LogP contribution in [-0.4, -0.2) is 38.1 Å². The van der Waals surface area contributed by atoms with Crippen LogP contribution in [0.2, 0.25) is 5.02 Å². The van der Waals surface area contributed by atoms with E-state index in [2.05, 4.69) is 19.1 Å². The van der Waals surface area contributed by atoms with Gasteiger partial charge in [-0.25, -0.2) is 4.98 Å². The maximum Gasteiger partial charge on any atom is 0.260 e. The Hall–Kier alpha value is -1.95. The molecule has 0 aliphatic rings. The predicted molar refractivity (Wildman–Crippen MR) is 110 cm³/mol. The van der Waals surface area contributed by atoms with Gasteiger partial charge >= 0.3 is 0 Å². The molecule has 3 rings (SSSR count). The number of rotatable bonds is 5. The maximum atomic E-state index is 13.3. The molecule has 0 fully saturated rings. The normalized spacial score (nSPS) is 11.3. The average molecular weight is 389 g/mol. The molecule has 0 radical (unpaired) electrons. The first-order chi connectivity index (χ1) is 12.3. The summed E-state index contributed by atoms with van der Waals surface area (Å²) in [5, 5.41) is 1.39. The Kier molecular flexibility index (Phi) is 5.61. The highest BCUT2D eigenvalue weighted by Crippen LogP contribution is 2.31. The number of benzene rings is 2. The lowest BCUT2D eigenvalue weighted by molar-refractivity contribution is -0.856. The molecular weight excluding hydrogens is 366 g/mol. The third kappa shape index (κ3) is 4.06. The molecule has 0 atom stereocenters. The van der Waals surface area contributed by atoms with Crippen LogP contribution in [-0.2, 0) is 0 Å². The first-order valence-electron chi connectivity index (χ1n) is 8.59. The second kappa shape index (κ2) is 7.74. The molecular formula is C20H23ClN3OS+. The number of carbonyl (C=O) groups is 1. The fourth-order valence-electron chi connectivity index (χ4n) is 2.82. The van der Waals surface area contributed by atoms with E-state index in [-0.39, 0.29) is 5.91 Å². The van der Waals surface area contributed by atoms with Crippen LogP contribution in [0, 0.1) is 13.8 Å². The van der Waals surface area contributed by atoms with Gasteiger partial charge in [-0.2, -0.15) is 0 Å². The first kappa shape index (κ1) is 18.8. The van der Waals surface area contributed by atoms with E-state index in [1.807, 2.05) is 50.2 Å². The van der Waals surface area contributed by atoms with E-state index in [9.17, 15) is 4.79 Å². The highest BCUT2D eigenvalue weighted by Gasteiger charge is 2.23. The zero-order valence-corrected chi connectivity index (χ0v) is 17.0. The molecule has 136 valence electrons. The average Bonchev–Trinajstić information content (AvgIpc) is 2.97. The van der Waals surface area contributed by atoms with Gasteiger partial charge in [0.05, 0.1) is 37.4 Å². The maximum absolute atomic E-state index is 13.3. The van der Waals surface area contributed by atoms with Crippen LogP contribution in [0.1, 0.15) is 21.5 Å². The molecule has 0 saturated carbocycles. The van der Waals surface area contributed by atoms with Crippen molar-refractivity contribution in [1.29, 1.82) is 0 Å². The van der Waals surface area contributed by atoms with Gasteiger partial charge in [0.15, 0.2) is 5.13 Å². The van der Waals surface area contributed by atoms with Crippen molar-refractivity contribution in [2.45, 2.75) is 13.8 Å². The zero-order valence-electron chi connectivity index (χ0n) is 15.5. The molecule has 26 heavy (non-hydrogen) atoms. The minimum atomic E-state index is -0.00565. The highest BCUT2D eigenvalue weighted by atomic mass is 35.5. The summed E-state index contributed by atoms with van der Waals surface area (Å²) in [5.41, 5.74) is 3.73. The summed E-state index contributed by atoms with van der Waals surface area (Å²) in [7, 11) is 4.16. The Labute approximate surface area is 163 Å². The predicted octanol–water partition coefficient (Wildman–Crippen LogP) is 3.36. The Bertz CT molecular complexity index is 951. The minimum absolute atomic E-state index is 0.00565. The number of nitrogens with zero attached hydrogens (tertiary/aromatic N) is 2. The van der Waals surface area contributed by atoms with Gasteiger partial charge in [-0.1, -0.05) is 40.6 Å². The molecule has 4 nitrogen and oxygen atoms in total. The zero-order chi connectivity index (χ0) is 18.8. The van der Waals surface area contributed by atoms with Gasteiger partial charge in [-0.05, 0) is 43.7 Å². The number of aromatic nitrogens is 1. The van der Waals surface area contributed by atoms with E-state index in [1.54, 1.807) is 4.90 Å². The molecule has 3 aromatic rings. The molecule has 0 aliphatic carbocycles. The molecule has 1 aromatic heterocycles. The monoisotopic (exact) mass is 388 g/mol. The third-order valence-corrected chi connectivity index (χ3v) is 5.54. The fraction of sp³-hybridized carbons (Fsp3) is 0.300. The van der Waals surface area contributed by atoms with E-state index < -0.39 is 0 Å². The standard InChI is InChI=1S/C20H22ClN3OS/c1-13-5-7-16(14(2)11-13)19(25)24(10-9-23(3)4)20-22-17-8-6-15(21)12-18(17)26-20/h5-8,11-12H,9-10H2,1-4H3/p+1. The Morgan fingerprint density at radius 3 is 2.65 bits per heavy atom. The summed E-state index contributed by atoms with van der Waals surface area (Å²) >= 11 is 7.60. The van der Waals surface area contributed by atoms with E-state index in [0.29, 0.717) is 16.7 Å². The lowest BCUT2D eigenvalue weighted by Crippen LogP contribution is -3.06. The van der Waals surface area contributed by atoms with Crippen molar-refractivity contribution in [1.82, 2.24) is 4.98 Å². The Morgan fingerprint density at radius 1 is 1.19 bits per heavy atom. The molecule has 1 heterocycles. The van der Waals surface area contributed by atoms with Crippen LogP contribution in [0.5, 0.6) is 0 Å². The number of carbonyl (C=O) groups excluding carboxylic acids is 1. The number of halogens is 1. The van der Waals surface area contributed by atoms with Crippen molar-refractivity contribution < 1.29 is 9.69 Å². The van der Waals surface area contributed by atoms with Crippen LogP contribution < -0.4 is 9.80 Å². The number of aryl methyl sites for hydroxylation is 2. The molecule has 2 aromatic carbocycles. The lowest BCUT2D eigenvalue weighted by Gasteiger charge is -2.21. The number of quaternary nitrogens is 1. The van der Waals surface area contributed by atoms with Crippen molar-refractivity contribution in [3.63, 3.8) is 0 Å². The number of anilines is 1. The first-order valence-corrected chi connectivity index (χ1v) is 9.79. The number of hydrogen-bond acceptors (Lipinski definition) is 3. The Morgan fingerprint density at radius 2 is 1.96 bits per heavy atom. The Balaban J connectivity index is 2.01. The van der Waals surface area contributed by atoms with E-state index in [4.69, 9.17) is 11.6 Å². The summed E-state index contributed by atoms with van der Waals surface area (Å²) in [6, 6.07) is 11.6. The molecule has 1 amide bonds. The van der Waals surface area contributed by atoms with Crippen molar-refractivity contribution in [3.8, 4) is 0 Å². The summed E-state index contributed by atoms with van der Waals surface area (Å²) < 4.78 is 0.989. The van der Waals surface area contributed by atoms with Gasteiger partial charge in [0, 0.05) is 10.6 Å². The number of hydrogen-bond donors (Lipinski definition) is 1. The summed E-state index contributed by atoms with van der Waals surface area (Å²) in [4.78, 5) is 21.1. The minimum Gasteiger partial charge on any atom is -0.338 e. The quantitative estimate of drug-likeness (QED) is 0.727. The molecule has 0 unspecified atom stereocenters. The van der Waals surface area contributed by atoms with Crippen molar-refractivity contribution >= 4 is 44.2 Å². The molecule has 1 N–H and O–H groups in total. The van der Waals surface area contributed by atoms with Gasteiger partial charge in [0.25, 0.3) is 5.91 Å². The second-order valence-electron chi connectivity index (χ2n) is 6.84. The number of amides is 1. The summed E-state index contributed by atoms with van der Waals surface area (Å²) in [6.45, 7) is 5.47. The smallest absolute Gasteiger partial charge is 0.260 e. The number of fused-ring (bicyclic) bond motifs is 1. The lowest BCUT2D eigenvalue weighted by atomic mass is 10.0. The number of nitrogens with one attached hydrogen (secondary N) is 1. The van der Waals surface area contributed by atoms with Crippen LogP contribution >= 0.6 is 22.9 Å². The third-order valence-electron chi connectivity index (χ3n) is 4.26. The van der Waals surface area contributed by atoms with Gasteiger partial charge in [-0.15, -0.1) is 0 Å². The van der Waals surface area contributed by atoms with Gasteiger partial charge in [0.1, 0.15) is 0 Å². The van der Waals surface area contributed by atoms with Crippen LogP contribution in [0.3, 0.4) is 0 Å². The van der Waals surface area contributed by atoms with Gasteiger partial charge in [-0.3, -0.25) is 9.69 Å². The largest absolute Gasteiger partial charge is 0.338 e. The molecule has 0 spiro atoms. The molecule has 6 heteroatoms. The topological polar surface area (TPSA) is 37.6 Å². The highest BCUT2D eigenvalue weighted by molar-refractivity contribution is 7.22. The molecule has 0 bridgehead atoms.